The number of anilines is 1. The number of carbonyl (C=O) groups is 1. The number of benzene rings is 1. The summed E-state index contributed by atoms with van der Waals surface area (Å²) in [6.07, 6.45) is 0. The van der Waals surface area contributed by atoms with Crippen LogP contribution in [0.3, 0.4) is 0 Å². The predicted octanol–water partition coefficient (Wildman–Crippen LogP) is 1.99. The van der Waals surface area contributed by atoms with Gasteiger partial charge in [0.05, 0.1) is 24.7 Å². The van der Waals surface area contributed by atoms with E-state index in [9.17, 15) is 14.9 Å². The molecule has 0 saturated carbocycles. The first kappa shape index (κ1) is 15.7. The highest BCUT2D eigenvalue weighted by Crippen LogP contribution is 2.28. The largest absolute Gasteiger partial charge is 0.496 e. The van der Waals surface area contributed by atoms with E-state index >= 15 is 0 Å². The molecule has 0 N–H and O–H groups in total. The lowest BCUT2D eigenvalue weighted by Crippen LogP contribution is -2.30. The molecule has 0 fully saturated rings. The number of methoxy groups -OCH3 is 1. The van der Waals surface area contributed by atoms with Gasteiger partial charge in [-0.3, -0.25) is 14.9 Å². The van der Waals surface area contributed by atoms with Gasteiger partial charge in [0.15, 0.2) is 0 Å². The van der Waals surface area contributed by atoms with Gasteiger partial charge >= 0.3 is 5.97 Å². The normalized spacial score (nSPS) is 9.95. The predicted molar refractivity (Wildman–Crippen MR) is 74.2 cm³/mol. The topological polar surface area (TPSA) is 81.9 Å². The second-order valence-electron chi connectivity index (χ2n) is 3.97. The van der Waals surface area contributed by atoms with E-state index in [-0.39, 0.29) is 18.2 Å². The van der Waals surface area contributed by atoms with Gasteiger partial charge in [0.2, 0.25) is 0 Å². The molecule has 0 spiro atoms. The zero-order valence-corrected chi connectivity index (χ0v) is 11.8. The lowest BCUT2D eigenvalue weighted by molar-refractivity contribution is -0.384. The van der Waals surface area contributed by atoms with Crippen molar-refractivity contribution in [1.82, 2.24) is 0 Å². The summed E-state index contributed by atoms with van der Waals surface area (Å²) in [6.45, 7) is 4.43. The molecular weight excluding hydrogens is 264 g/mol. The fraction of sp³-hybridized carbons (Fsp3) is 0.462. The molecule has 0 aliphatic carbocycles. The third-order valence-electron chi connectivity index (χ3n) is 2.69. The fourth-order valence-corrected chi connectivity index (χ4v) is 1.72. The molecule has 0 heterocycles. The molecule has 0 aliphatic heterocycles. The Hall–Kier alpha value is -2.31. The monoisotopic (exact) mass is 282 g/mol. The first-order valence-electron chi connectivity index (χ1n) is 6.25. The van der Waals surface area contributed by atoms with Crippen LogP contribution < -0.4 is 9.64 Å². The van der Waals surface area contributed by atoms with E-state index < -0.39 is 4.92 Å². The van der Waals surface area contributed by atoms with Crippen molar-refractivity contribution in [3.05, 3.63) is 28.3 Å². The molecule has 1 rings (SSSR count). The minimum Gasteiger partial charge on any atom is -0.496 e. The Balaban J connectivity index is 3.04. The van der Waals surface area contributed by atoms with Gasteiger partial charge < -0.3 is 14.4 Å². The van der Waals surface area contributed by atoms with Crippen LogP contribution in [0.15, 0.2) is 18.2 Å². The number of nitro benzene ring substituents is 1. The van der Waals surface area contributed by atoms with Crippen molar-refractivity contribution in [1.29, 1.82) is 0 Å². The smallest absolute Gasteiger partial charge is 0.325 e. The van der Waals surface area contributed by atoms with Crippen molar-refractivity contribution < 1.29 is 19.2 Å². The highest BCUT2D eigenvalue weighted by atomic mass is 16.6. The molecule has 0 atom stereocenters. The molecule has 7 heteroatoms. The van der Waals surface area contributed by atoms with Crippen molar-refractivity contribution >= 4 is 17.3 Å². The lowest BCUT2D eigenvalue weighted by atomic mass is 10.2. The average molecular weight is 282 g/mol. The number of non-ortho nitro benzene ring substituents is 1. The third kappa shape index (κ3) is 4.11. The summed E-state index contributed by atoms with van der Waals surface area (Å²) in [6, 6.07) is 4.39. The van der Waals surface area contributed by atoms with Gasteiger partial charge in [-0.2, -0.15) is 0 Å². The molecule has 0 radical (unpaired) electrons. The molecule has 0 saturated heterocycles. The summed E-state index contributed by atoms with van der Waals surface area (Å²) in [7, 11) is 1.43. The van der Waals surface area contributed by atoms with Crippen LogP contribution >= 0.6 is 0 Å². The third-order valence-corrected chi connectivity index (χ3v) is 2.69. The van der Waals surface area contributed by atoms with E-state index in [0.29, 0.717) is 24.6 Å². The number of hydrogen-bond acceptors (Lipinski definition) is 6. The number of ether oxygens (including phenoxy) is 2. The molecule has 0 aromatic heterocycles. The summed E-state index contributed by atoms with van der Waals surface area (Å²) in [5, 5.41) is 10.9. The Morgan fingerprint density at radius 1 is 1.35 bits per heavy atom. The van der Waals surface area contributed by atoms with Crippen LogP contribution in [-0.2, 0) is 9.53 Å². The number of nitrogens with zero attached hydrogens (tertiary/aromatic N) is 2. The van der Waals surface area contributed by atoms with Gasteiger partial charge in [-0.05, 0) is 13.8 Å². The van der Waals surface area contributed by atoms with Gasteiger partial charge in [0, 0.05) is 24.4 Å². The Morgan fingerprint density at radius 2 is 2.05 bits per heavy atom. The van der Waals surface area contributed by atoms with E-state index in [0.717, 1.165) is 0 Å². The van der Waals surface area contributed by atoms with E-state index in [4.69, 9.17) is 9.47 Å². The van der Waals surface area contributed by atoms with Gasteiger partial charge in [0.1, 0.15) is 12.3 Å². The summed E-state index contributed by atoms with van der Waals surface area (Å²) in [5.74, 6) is -0.00340. The summed E-state index contributed by atoms with van der Waals surface area (Å²) >= 11 is 0. The molecule has 0 bridgehead atoms. The highest BCUT2D eigenvalue weighted by molar-refractivity contribution is 5.76. The molecule has 0 unspecified atom stereocenters. The molecule has 0 amide bonds. The fourth-order valence-electron chi connectivity index (χ4n) is 1.72. The SMILES string of the molecule is CCOC(=O)CN(CC)c1cc(OC)cc([N+](=O)[O-])c1. The average Bonchev–Trinajstić information content (AvgIpc) is 2.44. The maximum atomic E-state index is 11.5. The lowest BCUT2D eigenvalue weighted by Gasteiger charge is -2.22. The summed E-state index contributed by atoms with van der Waals surface area (Å²) in [4.78, 5) is 23.6. The number of rotatable bonds is 7. The maximum Gasteiger partial charge on any atom is 0.325 e. The first-order valence-corrected chi connectivity index (χ1v) is 6.25. The van der Waals surface area contributed by atoms with E-state index in [1.165, 1.54) is 19.2 Å². The Kier molecular flexibility index (Phi) is 5.76. The second-order valence-corrected chi connectivity index (χ2v) is 3.97. The van der Waals surface area contributed by atoms with Crippen LogP contribution in [0.2, 0.25) is 0 Å². The van der Waals surface area contributed by atoms with E-state index in [2.05, 4.69) is 0 Å². The highest BCUT2D eigenvalue weighted by Gasteiger charge is 2.16. The van der Waals surface area contributed by atoms with Crippen LogP contribution in [0.4, 0.5) is 11.4 Å². The number of hydrogen-bond donors (Lipinski definition) is 0. The number of esters is 1. The summed E-state index contributed by atoms with van der Waals surface area (Å²) in [5.41, 5.74) is 0.466. The van der Waals surface area contributed by atoms with Gasteiger partial charge in [0.25, 0.3) is 5.69 Å². The van der Waals surface area contributed by atoms with Crippen molar-refractivity contribution in [2.24, 2.45) is 0 Å². The summed E-state index contributed by atoms with van der Waals surface area (Å²) < 4.78 is 9.93. The Morgan fingerprint density at radius 3 is 2.55 bits per heavy atom. The Labute approximate surface area is 117 Å². The van der Waals surface area contributed by atoms with Crippen molar-refractivity contribution in [3.8, 4) is 5.75 Å². The zero-order chi connectivity index (χ0) is 15.1. The van der Waals surface area contributed by atoms with Gasteiger partial charge in [-0.25, -0.2) is 0 Å². The molecular formula is C13H18N2O5. The van der Waals surface area contributed by atoms with Crippen molar-refractivity contribution in [3.63, 3.8) is 0 Å². The van der Waals surface area contributed by atoms with Crippen LogP contribution in [0, 0.1) is 10.1 Å². The molecule has 1 aromatic carbocycles. The van der Waals surface area contributed by atoms with Gasteiger partial charge in [-0.15, -0.1) is 0 Å². The van der Waals surface area contributed by atoms with Gasteiger partial charge in [-0.1, -0.05) is 0 Å². The second kappa shape index (κ2) is 7.32. The number of likely N-dealkylation sites (N-methyl/N-ethyl adjacent to an activating group) is 1. The van der Waals surface area contributed by atoms with Crippen molar-refractivity contribution in [2.45, 2.75) is 13.8 Å². The molecule has 0 aliphatic rings. The molecule has 20 heavy (non-hydrogen) atoms. The number of nitro groups is 1. The van der Waals surface area contributed by atoms with Crippen LogP contribution in [0.1, 0.15) is 13.8 Å². The Bertz CT molecular complexity index is 490. The van der Waals surface area contributed by atoms with Crippen LogP contribution in [0.25, 0.3) is 0 Å². The maximum absolute atomic E-state index is 11.5. The first-order chi connectivity index (χ1) is 9.51. The zero-order valence-electron chi connectivity index (χ0n) is 11.8. The van der Waals surface area contributed by atoms with E-state index in [1.807, 2.05) is 6.92 Å². The molecule has 1 aromatic rings. The van der Waals surface area contributed by atoms with Crippen LogP contribution in [-0.4, -0.2) is 37.7 Å². The minimum absolute atomic E-state index is 0.0364. The van der Waals surface area contributed by atoms with Crippen LogP contribution in [0.5, 0.6) is 5.75 Å². The number of carbonyl (C=O) groups excluding carboxylic acids is 1. The van der Waals surface area contributed by atoms with E-state index in [1.54, 1.807) is 17.9 Å². The molecule has 7 nitrogen and oxygen atoms in total. The minimum atomic E-state index is -0.496. The van der Waals surface area contributed by atoms with Crippen molar-refractivity contribution in [2.75, 3.05) is 31.7 Å². The quantitative estimate of drug-likeness (QED) is 0.432. The molecule has 110 valence electrons. The standard InChI is InChI=1S/C13H18N2O5/c1-4-14(9-13(16)20-5-2)10-6-11(15(17)18)8-12(7-10)19-3/h6-8H,4-5,9H2,1-3H3.